The lowest BCUT2D eigenvalue weighted by Crippen LogP contribution is -2.50. The summed E-state index contributed by atoms with van der Waals surface area (Å²) in [5, 5.41) is 12.1. The van der Waals surface area contributed by atoms with Gasteiger partial charge in [0.1, 0.15) is 17.3 Å². The van der Waals surface area contributed by atoms with E-state index >= 15 is 0 Å². The van der Waals surface area contributed by atoms with Crippen LogP contribution in [0.1, 0.15) is 12.5 Å². The van der Waals surface area contributed by atoms with Crippen LogP contribution in [0.3, 0.4) is 0 Å². The first-order valence-electron chi connectivity index (χ1n) is 9.49. The topological polar surface area (TPSA) is 54.3 Å². The second kappa shape index (κ2) is 9.78. The van der Waals surface area contributed by atoms with Crippen molar-refractivity contribution in [3.63, 3.8) is 0 Å². The summed E-state index contributed by atoms with van der Waals surface area (Å²) < 4.78 is 10.5. The first-order chi connectivity index (χ1) is 14.5. The van der Waals surface area contributed by atoms with Crippen LogP contribution in [0.5, 0.6) is 11.5 Å². The van der Waals surface area contributed by atoms with Crippen LogP contribution in [0.4, 0.5) is 11.4 Å². The molecule has 30 heavy (non-hydrogen) atoms. The fourth-order valence-corrected chi connectivity index (χ4v) is 3.84. The molecule has 0 spiro atoms. The van der Waals surface area contributed by atoms with Gasteiger partial charge in [-0.25, -0.2) is 4.99 Å². The van der Waals surface area contributed by atoms with Gasteiger partial charge >= 0.3 is 0 Å². The number of anilines is 1. The Morgan fingerprint density at radius 3 is 1.93 bits per heavy atom. The summed E-state index contributed by atoms with van der Waals surface area (Å²) in [6, 6.07) is 24.6. The van der Waals surface area contributed by atoms with Gasteiger partial charge in [0.25, 0.3) is 0 Å². The second-order valence-electron chi connectivity index (χ2n) is 6.71. The molecule has 0 radical (unpaired) electrons. The van der Waals surface area contributed by atoms with Gasteiger partial charge in [0.15, 0.2) is 5.72 Å². The molecule has 3 aromatic carbocycles. The molecule has 0 heterocycles. The van der Waals surface area contributed by atoms with Crippen molar-refractivity contribution in [1.82, 2.24) is 0 Å². The van der Waals surface area contributed by atoms with E-state index in [4.69, 9.17) is 14.5 Å². The zero-order chi connectivity index (χ0) is 21.6. The van der Waals surface area contributed by atoms with Gasteiger partial charge in [-0.1, -0.05) is 46.3 Å². The molecule has 0 fully saturated rings. The summed E-state index contributed by atoms with van der Waals surface area (Å²) in [7, 11) is 3.26. The van der Waals surface area contributed by atoms with Crippen LogP contribution in [-0.4, -0.2) is 30.5 Å². The molecule has 3 aromatic rings. The molecule has 3 rings (SSSR count). The van der Waals surface area contributed by atoms with Crippen LogP contribution in [0.25, 0.3) is 0 Å². The number of aliphatic hydroxyl groups is 1. The minimum absolute atomic E-state index is 0.283. The van der Waals surface area contributed by atoms with E-state index in [-0.39, 0.29) is 5.33 Å². The quantitative estimate of drug-likeness (QED) is 0.215. The number of methoxy groups -OCH3 is 2. The molecule has 0 saturated carbocycles. The SMILES string of the molecule is COc1ccc(N=C(C)N(c2ccc(OC)cc2)C(O)(CBr)c2ccccc2)cc1. The molecular formula is C24H25BrN2O3. The van der Waals surface area contributed by atoms with E-state index in [2.05, 4.69) is 15.9 Å². The van der Waals surface area contributed by atoms with Crippen molar-refractivity contribution in [3.05, 3.63) is 84.4 Å². The van der Waals surface area contributed by atoms with Crippen molar-refractivity contribution >= 4 is 33.1 Å². The molecule has 0 aliphatic carbocycles. The van der Waals surface area contributed by atoms with Gasteiger partial charge in [0.05, 0.1) is 25.2 Å². The number of hydrogen-bond acceptors (Lipinski definition) is 4. The number of alkyl halides is 1. The predicted octanol–water partition coefficient (Wildman–Crippen LogP) is 5.50. The van der Waals surface area contributed by atoms with Crippen molar-refractivity contribution in [2.45, 2.75) is 12.6 Å². The maximum atomic E-state index is 11.8. The van der Waals surface area contributed by atoms with Gasteiger partial charge in [-0.2, -0.15) is 0 Å². The lowest BCUT2D eigenvalue weighted by atomic mass is 10.0. The Bertz CT molecular complexity index is 976. The summed E-state index contributed by atoms with van der Waals surface area (Å²) in [6.07, 6.45) is 0. The van der Waals surface area contributed by atoms with E-state index in [0.717, 1.165) is 28.4 Å². The minimum atomic E-state index is -1.35. The van der Waals surface area contributed by atoms with Gasteiger partial charge in [0.2, 0.25) is 0 Å². The molecule has 0 aromatic heterocycles. The van der Waals surface area contributed by atoms with Crippen molar-refractivity contribution in [2.24, 2.45) is 4.99 Å². The zero-order valence-corrected chi connectivity index (χ0v) is 18.8. The van der Waals surface area contributed by atoms with E-state index in [1.165, 1.54) is 0 Å². The van der Waals surface area contributed by atoms with Crippen LogP contribution in [0.2, 0.25) is 0 Å². The Labute approximate surface area is 185 Å². The average Bonchev–Trinajstić information content (AvgIpc) is 2.80. The number of benzene rings is 3. The number of aliphatic imine (C=N–C) groups is 1. The number of nitrogens with zero attached hydrogens (tertiary/aromatic N) is 2. The molecule has 6 heteroatoms. The predicted molar refractivity (Wildman–Crippen MR) is 125 cm³/mol. The van der Waals surface area contributed by atoms with E-state index < -0.39 is 5.72 Å². The number of hydrogen-bond donors (Lipinski definition) is 1. The molecule has 0 aliphatic rings. The van der Waals surface area contributed by atoms with Crippen LogP contribution in [0, 0.1) is 0 Å². The molecule has 156 valence electrons. The van der Waals surface area contributed by atoms with E-state index in [9.17, 15) is 5.11 Å². The number of rotatable bonds is 7. The lowest BCUT2D eigenvalue weighted by Gasteiger charge is -2.40. The van der Waals surface area contributed by atoms with E-state index in [0.29, 0.717) is 5.84 Å². The van der Waals surface area contributed by atoms with Crippen LogP contribution in [0.15, 0.2) is 83.9 Å². The number of amidine groups is 1. The molecule has 1 atom stereocenters. The standard InChI is InChI=1S/C24H25BrN2O3/c1-18(26-20-9-13-22(29-2)14-10-20)27(21-11-15-23(30-3)16-12-21)24(28,17-25)19-7-5-4-6-8-19/h4-16,28H,17H2,1-3H3. The highest BCUT2D eigenvalue weighted by atomic mass is 79.9. The molecule has 1 unspecified atom stereocenters. The van der Waals surface area contributed by atoms with Gasteiger partial charge in [0, 0.05) is 11.3 Å². The zero-order valence-electron chi connectivity index (χ0n) is 17.2. The summed E-state index contributed by atoms with van der Waals surface area (Å²) in [5.41, 5.74) is 0.950. The van der Waals surface area contributed by atoms with Crippen LogP contribution < -0.4 is 14.4 Å². The van der Waals surface area contributed by atoms with Crippen LogP contribution in [-0.2, 0) is 5.72 Å². The molecule has 0 bridgehead atoms. The van der Waals surface area contributed by atoms with E-state index in [1.807, 2.05) is 90.7 Å². The molecule has 0 aliphatic heterocycles. The third kappa shape index (κ3) is 4.66. The van der Waals surface area contributed by atoms with Crippen molar-refractivity contribution in [1.29, 1.82) is 0 Å². The number of ether oxygens (including phenoxy) is 2. The maximum absolute atomic E-state index is 11.8. The Hall–Kier alpha value is -2.83. The van der Waals surface area contributed by atoms with Gasteiger partial charge in [-0.3, -0.25) is 4.90 Å². The summed E-state index contributed by atoms with van der Waals surface area (Å²) in [4.78, 5) is 6.59. The lowest BCUT2D eigenvalue weighted by molar-refractivity contribution is 0.0740. The third-order valence-electron chi connectivity index (χ3n) is 4.81. The molecule has 0 saturated heterocycles. The largest absolute Gasteiger partial charge is 0.497 e. The molecule has 5 nitrogen and oxygen atoms in total. The van der Waals surface area contributed by atoms with Gasteiger partial charge in [-0.05, 0) is 55.5 Å². The first kappa shape index (κ1) is 21.9. The van der Waals surface area contributed by atoms with Gasteiger partial charge < -0.3 is 14.6 Å². The highest BCUT2D eigenvalue weighted by Gasteiger charge is 2.37. The van der Waals surface area contributed by atoms with E-state index in [1.54, 1.807) is 14.2 Å². The van der Waals surface area contributed by atoms with Crippen LogP contribution >= 0.6 is 15.9 Å². The monoisotopic (exact) mass is 468 g/mol. The Morgan fingerprint density at radius 1 is 0.900 bits per heavy atom. The highest BCUT2D eigenvalue weighted by molar-refractivity contribution is 9.09. The normalized spacial score (nSPS) is 13.4. The fraction of sp³-hybridized carbons (Fsp3) is 0.208. The number of halogens is 1. The summed E-state index contributed by atoms with van der Waals surface area (Å²) >= 11 is 3.52. The smallest absolute Gasteiger partial charge is 0.179 e. The third-order valence-corrected chi connectivity index (χ3v) is 5.59. The van der Waals surface area contributed by atoms with Crippen molar-refractivity contribution in [3.8, 4) is 11.5 Å². The van der Waals surface area contributed by atoms with Crippen molar-refractivity contribution in [2.75, 3.05) is 24.4 Å². The molecule has 1 N–H and O–H groups in total. The highest BCUT2D eigenvalue weighted by Crippen LogP contribution is 2.35. The maximum Gasteiger partial charge on any atom is 0.179 e. The fourth-order valence-electron chi connectivity index (χ4n) is 3.26. The first-order valence-corrected chi connectivity index (χ1v) is 10.6. The summed E-state index contributed by atoms with van der Waals surface area (Å²) in [6.45, 7) is 1.88. The van der Waals surface area contributed by atoms with Crippen molar-refractivity contribution < 1.29 is 14.6 Å². The van der Waals surface area contributed by atoms with Gasteiger partial charge in [-0.15, -0.1) is 0 Å². The molecular weight excluding hydrogens is 444 g/mol. The molecule has 0 amide bonds. The Morgan fingerprint density at radius 2 is 1.43 bits per heavy atom. The minimum Gasteiger partial charge on any atom is -0.497 e. The Balaban J connectivity index is 2.11. The average molecular weight is 469 g/mol. The Kier molecular flexibility index (Phi) is 7.13. The second-order valence-corrected chi connectivity index (χ2v) is 7.27. The summed E-state index contributed by atoms with van der Waals surface area (Å²) in [5.74, 6) is 2.14.